The van der Waals surface area contributed by atoms with Crippen molar-refractivity contribution >= 4 is 23.0 Å². The summed E-state index contributed by atoms with van der Waals surface area (Å²) >= 11 is 1.54. The van der Waals surface area contributed by atoms with Crippen LogP contribution in [0.5, 0.6) is 0 Å². The molecule has 0 bridgehead atoms. The summed E-state index contributed by atoms with van der Waals surface area (Å²) in [6.07, 6.45) is 1.67. The average molecular weight is 354 g/mol. The van der Waals surface area contributed by atoms with Gasteiger partial charge in [-0.25, -0.2) is 9.78 Å². The summed E-state index contributed by atoms with van der Waals surface area (Å²) in [5.74, 6) is 1.45. The van der Waals surface area contributed by atoms with Crippen LogP contribution in [0.15, 0.2) is 40.3 Å². The van der Waals surface area contributed by atoms with Crippen molar-refractivity contribution in [2.75, 3.05) is 0 Å². The van der Waals surface area contributed by atoms with Crippen molar-refractivity contribution in [3.63, 3.8) is 0 Å². The van der Waals surface area contributed by atoms with E-state index in [0.29, 0.717) is 34.4 Å². The molecule has 0 amide bonds. The highest BCUT2D eigenvalue weighted by Crippen LogP contribution is 2.26. The van der Waals surface area contributed by atoms with Crippen molar-refractivity contribution < 1.29 is 13.9 Å². The van der Waals surface area contributed by atoms with Crippen LogP contribution in [0.3, 0.4) is 0 Å². The molecule has 0 aliphatic rings. The third kappa shape index (κ3) is 2.91. The second-order valence-corrected chi connectivity index (χ2v) is 6.42. The van der Waals surface area contributed by atoms with Gasteiger partial charge in [0.2, 0.25) is 5.89 Å². The quantitative estimate of drug-likeness (QED) is 0.522. The van der Waals surface area contributed by atoms with Gasteiger partial charge in [0.05, 0.1) is 10.4 Å². The van der Waals surface area contributed by atoms with Crippen LogP contribution in [0.4, 0.5) is 0 Å². The molecule has 126 valence electrons. The summed E-state index contributed by atoms with van der Waals surface area (Å²) in [6, 6.07) is 7.26. The molecule has 0 N–H and O–H groups in total. The molecule has 0 aliphatic carbocycles. The minimum atomic E-state index is -0.435. The molecule has 0 saturated carbocycles. The lowest BCUT2D eigenvalue weighted by Gasteiger charge is -2.04. The normalized spacial score (nSPS) is 11.1. The highest BCUT2D eigenvalue weighted by atomic mass is 32.1. The molecule has 0 aliphatic heterocycles. The Morgan fingerprint density at radius 3 is 2.96 bits per heavy atom. The Labute approximate surface area is 146 Å². The smallest absolute Gasteiger partial charge is 0.340 e. The van der Waals surface area contributed by atoms with E-state index in [1.165, 1.54) is 0 Å². The third-order valence-corrected chi connectivity index (χ3v) is 4.63. The maximum absolute atomic E-state index is 12.3. The molecular weight excluding hydrogens is 340 g/mol. The number of hydrogen-bond donors (Lipinski definition) is 0. The van der Waals surface area contributed by atoms with Crippen LogP contribution in [-0.2, 0) is 11.3 Å². The number of rotatable bonds is 4. The van der Waals surface area contributed by atoms with Gasteiger partial charge in [0, 0.05) is 6.20 Å². The lowest BCUT2D eigenvalue weighted by atomic mass is 10.3. The van der Waals surface area contributed by atoms with E-state index in [4.69, 9.17) is 9.15 Å². The van der Waals surface area contributed by atoms with E-state index in [1.54, 1.807) is 41.0 Å². The number of aromatic nitrogens is 4. The Bertz CT molecular complexity index is 1050. The Balaban J connectivity index is 1.50. The van der Waals surface area contributed by atoms with E-state index in [9.17, 15) is 4.79 Å². The molecule has 0 spiro atoms. The van der Waals surface area contributed by atoms with Crippen LogP contribution in [0.2, 0.25) is 0 Å². The van der Waals surface area contributed by atoms with Crippen LogP contribution in [-0.4, -0.2) is 25.6 Å². The van der Waals surface area contributed by atoms with E-state index in [1.807, 2.05) is 24.4 Å². The van der Waals surface area contributed by atoms with Crippen LogP contribution in [0.25, 0.3) is 16.4 Å². The molecule has 4 rings (SSSR count). The molecule has 7 nitrogen and oxygen atoms in total. The number of aryl methyl sites for hydroxylation is 2. The van der Waals surface area contributed by atoms with E-state index >= 15 is 0 Å². The van der Waals surface area contributed by atoms with Gasteiger partial charge in [0.1, 0.15) is 23.9 Å². The molecule has 25 heavy (non-hydrogen) atoms. The summed E-state index contributed by atoms with van der Waals surface area (Å²) < 4.78 is 12.8. The van der Waals surface area contributed by atoms with Crippen LogP contribution in [0.1, 0.15) is 27.6 Å². The predicted octanol–water partition coefficient (Wildman–Crippen LogP) is 3.42. The zero-order valence-corrected chi connectivity index (χ0v) is 14.4. The molecule has 0 atom stereocenters. The average Bonchev–Trinajstić information content (AvgIpc) is 3.33. The first-order valence-corrected chi connectivity index (χ1v) is 8.48. The van der Waals surface area contributed by atoms with E-state index in [2.05, 4.69) is 15.2 Å². The van der Waals surface area contributed by atoms with Crippen molar-refractivity contribution in [1.82, 2.24) is 19.6 Å². The minimum Gasteiger partial charge on any atom is -0.455 e. The van der Waals surface area contributed by atoms with Crippen LogP contribution < -0.4 is 0 Å². The van der Waals surface area contributed by atoms with E-state index in [-0.39, 0.29) is 6.61 Å². The summed E-state index contributed by atoms with van der Waals surface area (Å²) in [5.41, 5.74) is 1.72. The van der Waals surface area contributed by atoms with Crippen molar-refractivity contribution in [1.29, 1.82) is 0 Å². The van der Waals surface area contributed by atoms with Gasteiger partial charge in [-0.3, -0.25) is 4.40 Å². The largest absolute Gasteiger partial charge is 0.455 e. The minimum absolute atomic E-state index is 0.0543. The monoisotopic (exact) mass is 354 g/mol. The molecule has 0 unspecified atom stereocenters. The summed E-state index contributed by atoms with van der Waals surface area (Å²) in [7, 11) is 0. The second-order valence-electron chi connectivity index (χ2n) is 5.47. The summed E-state index contributed by atoms with van der Waals surface area (Å²) in [4.78, 5) is 17.7. The molecule has 4 aromatic heterocycles. The van der Waals surface area contributed by atoms with E-state index < -0.39 is 5.97 Å². The molecule has 8 heteroatoms. The molecule has 0 fully saturated rings. The fourth-order valence-corrected chi connectivity index (χ4v) is 3.06. The maximum atomic E-state index is 12.3. The van der Waals surface area contributed by atoms with Crippen LogP contribution >= 0.6 is 11.3 Å². The van der Waals surface area contributed by atoms with Crippen molar-refractivity contribution in [3.05, 3.63) is 58.7 Å². The molecule has 0 saturated heterocycles. The van der Waals surface area contributed by atoms with Crippen LogP contribution in [0, 0.1) is 13.8 Å². The molecule has 4 aromatic rings. The van der Waals surface area contributed by atoms with Gasteiger partial charge >= 0.3 is 5.97 Å². The topological polar surface area (TPSA) is 82.5 Å². The van der Waals surface area contributed by atoms with Gasteiger partial charge in [-0.05, 0) is 37.4 Å². The van der Waals surface area contributed by atoms with Gasteiger partial charge in [-0.15, -0.1) is 21.5 Å². The van der Waals surface area contributed by atoms with Gasteiger partial charge in [0.25, 0.3) is 0 Å². The summed E-state index contributed by atoms with van der Waals surface area (Å²) in [5, 5.41) is 9.91. The number of fused-ring (bicyclic) bond motifs is 1. The molecular formula is C17H14N4O3S. The fraction of sp³-hybridized carbons (Fsp3) is 0.176. The second kappa shape index (κ2) is 6.14. The number of thiophene rings is 1. The van der Waals surface area contributed by atoms with E-state index in [0.717, 1.165) is 4.88 Å². The van der Waals surface area contributed by atoms with Gasteiger partial charge in [-0.1, -0.05) is 6.07 Å². The predicted molar refractivity (Wildman–Crippen MR) is 91.4 cm³/mol. The number of oxazole rings is 1. The lowest BCUT2D eigenvalue weighted by molar-refractivity contribution is 0.0466. The first-order valence-electron chi connectivity index (χ1n) is 7.60. The zero-order chi connectivity index (χ0) is 17.4. The lowest BCUT2D eigenvalue weighted by Crippen LogP contribution is -2.07. The van der Waals surface area contributed by atoms with Gasteiger partial charge in [-0.2, -0.15) is 0 Å². The SMILES string of the molecule is Cc1oc(-c2cccs2)nc1COC(=O)c1ccc2nnc(C)n2c1. The Kier molecular flexibility index (Phi) is 3.81. The first-order chi connectivity index (χ1) is 12.1. The molecule has 0 radical (unpaired) electrons. The van der Waals surface area contributed by atoms with Crippen molar-refractivity contribution in [2.24, 2.45) is 0 Å². The number of carbonyl (C=O) groups excluding carboxylic acids is 1. The number of pyridine rings is 1. The third-order valence-electron chi connectivity index (χ3n) is 3.77. The molecule has 4 heterocycles. The Morgan fingerprint density at radius 1 is 1.28 bits per heavy atom. The Morgan fingerprint density at radius 2 is 2.16 bits per heavy atom. The first kappa shape index (κ1) is 15.5. The number of carbonyl (C=O) groups is 1. The molecule has 0 aromatic carbocycles. The number of nitrogens with zero attached hydrogens (tertiary/aromatic N) is 4. The van der Waals surface area contributed by atoms with Crippen molar-refractivity contribution in [3.8, 4) is 10.8 Å². The standard InChI is InChI=1S/C17H14N4O3S/c1-10-13(18-16(24-10)14-4-3-7-25-14)9-23-17(22)12-5-6-15-20-19-11(2)21(15)8-12/h3-8H,9H2,1-2H3. The Hall–Kier alpha value is -3.00. The van der Waals surface area contributed by atoms with Gasteiger partial charge < -0.3 is 9.15 Å². The fourth-order valence-electron chi connectivity index (χ4n) is 2.41. The number of hydrogen-bond acceptors (Lipinski definition) is 7. The van der Waals surface area contributed by atoms with Gasteiger partial charge in [0.15, 0.2) is 5.65 Å². The maximum Gasteiger partial charge on any atom is 0.340 e. The number of ether oxygens (including phenoxy) is 1. The summed E-state index contributed by atoms with van der Waals surface area (Å²) in [6.45, 7) is 3.68. The van der Waals surface area contributed by atoms with Crippen molar-refractivity contribution in [2.45, 2.75) is 20.5 Å². The highest BCUT2D eigenvalue weighted by molar-refractivity contribution is 7.13. The highest BCUT2D eigenvalue weighted by Gasteiger charge is 2.15. The zero-order valence-electron chi connectivity index (χ0n) is 13.6. The number of esters is 1.